The van der Waals surface area contributed by atoms with Crippen molar-refractivity contribution in [3.63, 3.8) is 0 Å². The van der Waals surface area contributed by atoms with Crippen LogP contribution in [0.25, 0.3) is 17.1 Å². The fourth-order valence-corrected chi connectivity index (χ4v) is 4.39. The van der Waals surface area contributed by atoms with Gasteiger partial charge in [-0.15, -0.1) is 0 Å². The van der Waals surface area contributed by atoms with E-state index in [9.17, 15) is 9.59 Å². The Bertz CT molecular complexity index is 1450. The number of aryl methyl sites for hydroxylation is 1. The van der Waals surface area contributed by atoms with Crippen molar-refractivity contribution in [2.75, 3.05) is 6.61 Å². The smallest absolute Gasteiger partial charge is 0.254 e. The van der Waals surface area contributed by atoms with Crippen LogP contribution in [-0.4, -0.2) is 32.1 Å². The van der Waals surface area contributed by atoms with Gasteiger partial charge in [0, 0.05) is 22.9 Å². The Morgan fingerprint density at radius 1 is 1.03 bits per heavy atom. The number of hydrogen-bond acceptors (Lipinski definition) is 5. The number of ketones is 1. The second-order valence-corrected chi connectivity index (χ2v) is 9.27. The van der Waals surface area contributed by atoms with E-state index in [0.29, 0.717) is 59.0 Å². The number of ether oxygens (including phenoxy) is 1. The number of aromatic nitrogens is 4. The first-order chi connectivity index (χ1) is 17.9. The highest BCUT2D eigenvalue weighted by molar-refractivity contribution is 6.12. The largest absolute Gasteiger partial charge is 0.493 e. The lowest BCUT2D eigenvalue weighted by Gasteiger charge is -2.19. The molecule has 2 heterocycles. The first-order valence-electron chi connectivity index (χ1n) is 13.0. The second kappa shape index (κ2) is 11.4. The van der Waals surface area contributed by atoms with E-state index in [1.54, 1.807) is 28.9 Å². The fraction of sp³-hybridized carbons (Fsp3) is 0.333. The molecule has 37 heavy (non-hydrogen) atoms. The Morgan fingerprint density at radius 2 is 1.78 bits per heavy atom. The van der Waals surface area contributed by atoms with Crippen molar-refractivity contribution in [2.45, 2.75) is 59.8 Å². The number of benzene rings is 2. The summed E-state index contributed by atoms with van der Waals surface area (Å²) in [4.78, 5) is 34.8. The molecule has 0 aliphatic heterocycles. The third-order valence-electron chi connectivity index (χ3n) is 6.34. The minimum absolute atomic E-state index is 0.149. The molecule has 0 atom stereocenters. The van der Waals surface area contributed by atoms with E-state index < -0.39 is 0 Å². The Morgan fingerprint density at radius 3 is 2.41 bits per heavy atom. The van der Waals surface area contributed by atoms with E-state index in [1.807, 2.05) is 51.2 Å². The summed E-state index contributed by atoms with van der Waals surface area (Å²) in [7, 11) is 0. The fourth-order valence-electron chi connectivity index (χ4n) is 4.39. The highest BCUT2D eigenvalue weighted by Gasteiger charge is 2.26. The van der Waals surface area contributed by atoms with Crippen molar-refractivity contribution in [1.82, 2.24) is 19.7 Å². The number of rotatable bonds is 10. The molecule has 2 aromatic carbocycles. The van der Waals surface area contributed by atoms with Gasteiger partial charge in [0.1, 0.15) is 11.6 Å². The van der Waals surface area contributed by atoms with Crippen molar-refractivity contribution in [3.8, 4) is 22.8 Å². The van der Waals surface area contributed by atoms with E-state index in [2.05, 4.69) is 18.8 Å². The van der Waals surface area contributed by atoms with Crippen LogP contribution >= 0.6 is 0 Å². The SMILES string of the molecule is CCCOc1ccc(C(=O)c2ccccc2)c(-n2ccc(C(C)C)n2)c1-c1nc(CC)c(CC)c(=O)[nH]1. The van der Waals surface area contributed by atoms with Crippen molar-refractivity contribution in [2.24, 2.45) is 0 Å². The Kier molecular flexibility index (Phi) is 8.01. The van der Waals surface area contributed by atoms with E-state index in [0.717, 1.165) is 17.8 Å². The predicted molar refractivity (Wildman–Crippen MR) is 146 cm³/mol. The second-order valence-electron chi connectivity index (χ2n) is 9.27. The predicted octanol–water partition coefficient (Wildman–Crippen LogP) is 5.89. The highest BCUT2D eigenvalue weighted by Crippen LogP contribution is 2.37. The van der Waals surface area contributed by atoms with Gasteiger partial charge < -0.3 is 9.72 Å². The molecule has 0 saturated carbocycles. The maximum Gasteiger partial charge on any atom is 0.254 e. The van der Waals surface area contributed by atoms with Crippen LogP contribution in [0.1, 0.15) is 79.8 Å². The average Bonchev–Trinajstić information content (AvgIpc) is 3.41. The zero-order valence-corrected chi connectivity index (χ0v) is 22.2. The van der Waals surface area contributed by atoms with E-state index in [4.69, 9.17) is 14.8 Å². The molecule has 0 aliphatic rings. The summed E-state index contributed by atoms with van der Waals surface area (Å²) in [6, 6.07) is 14.7. The maximum absolute atomic E-state index is 13.8. The zero-order valence-electron chi connectivity index (χ0n) is 22.2. The molecular formula is C30H34N4O3. The molecule has 4 aromatic rings. The third kappa shape index (κ3) is 5.26. The van der Waals surface area contributed by atoms with Crippen LogP contribution < -0.4 is 10.3 Å². The van der Waals surface area contributed by atoms with Crippen LogP contribution in [0, 0.1) is 0 Å². The first kappa shape index (κ1) is 26.1. The number of H-pyrrole nitrogens is 1. The van der Waals surface area contributed by atoms with Gasteiger partial charge in [-0.3, -0.25) is 9.59 Å². The lowest BCUT2D eigenvalue weighted by molar-refractivity contribution is 0.103. The molecule has 0 radical (unpaired) electrons. The topological polar surface area (TPSA) is 89.9 Å². The van der Waals surface area contributed by atoms with Crippen LogP contribution in [0.5, 0.6) is 5.75 Å². The summed E-state index contributed by atoms with van der Waals surface area (Å²) >= 11 is 0. The number of nitrogens with one attached hydrogen (secondary N) is 1. The van der Waals surface area contributed by atoms with Gasteiger partial charge in [0.2, 0.25) is 0 Å². The Hall–Kier alpha value is -4.00. The molecule has 4 rings (SSSR count). The number of carbonyl (C=O) groups excluding carboxylic acids is 1. The lowest BCUT2D eigenvalue weighted by Crippen LogP contribution is -2.19. The number of aromatic amines is 1. The van der Waals surface area contributed by atoms with Crippen molar-refractivity contribution in [3.05, 3.63) is 93.2 Å². The molecule has 0 aliphatic carbocycles. The highest BCUT2D eigenvalue weighted by atomic mass is 16.5. The number of carbonyl (C=O) groups is 1. The van der Waals surface area contributed by atoms with Gasteiger partial charge in [-0.2, -0.15) is 5.10 Å². The maximum atomic E-state index is 13.8. The summed E-state index contributed by atoms with van der Waals surface area (Å²) < 4.78 is 7.86. The summed E-state index contributed by atoms with van der Waals surface area (Å²) in [6.45, 7) is 10.6. The minimum atomic E-state index is -0.181. The quantitative estimate of drug-likeness (QED) is 0.275. The van der Waals surface area contributed by atoms with Crippen molar-refractivity contribution >= 4 is 5.78 Å². The van der Waals surface area contributed by atoms with Crippen LogP contribution in [-0.2, 0) is 12.8 Å². The van der Waals surface area contributed by atoms with Crippen LogP contribution in [0.3, 0.4) is 0 Å². The molecule has 7 nitrogen and oxygen atoms in total. The van der Waals surface area contributed by atoms with E-state index >= 15 is 0 Å². The van der Waals surface area contributed by atoms with Crippen LogP contribution in [0.4, 0.5) is 0 Å². The van der Waals surface area contributed by atoms with E-state index in [1.165, 1.54) is 0 Å². The summed E-state index contributed by atoms with van der Waals surface area (Å²) in [5.74, 6) is 0.955. The van der Waals surface area contributed by atoms with Gasteiger partial charge in [-0.1, -0.05) is 65.0 Å². The van der Waals surface area contributed by atoms with E-state index in [-0.39, 0.29) is 17.3 Å². The zero-order chi connectivity index (χ0) is 26.5. The molecule has 7 heteroatoms. The molecule has 0 fully saturated rings. The molecular weight excluding hydrogens is 464 g/mol. The van der Waals surface area contributed by atoms with Crippen LogP contribution in [0.2, 0.25) is 0 Å². The summed E-state index contributed by atoms with van der Waals surface area (Å²) in [5, 5.41) is 4.81. The Labute approximate surface area is 217 Å². The molecule has 0 amide bonds. The summed E-state index contributed by atoms with van der Waals surface area (Å²) in [5.41, 5.74) is 4.19. The lowest BCUT2D eigenvalue weighted by atomic mass is 9.97. The van der Waals surface area contributed by atoms with Gasteiger partial charge in [-0.05, 0) is 43.4 Å². The van der Waals surface area contributed by atoms with Crippen molar-refractivity contribution in [1.29, 1.82) is 0 Å². The molecule has 0 spiro atoms. The Balaban J connectivity index is 2.08. The van der Waals surface area contributed by atoms with Crippen LogP contribution in [0.15, 0.2) is 59.5 Å². The molecule has 1 N–H and O–H groups in total. The monoisotopic (exact) mass is 498 g/mol. The molecule has 2 aromatic heterocycles. The molecule has 0 unspecified atom stereocenters. The third-order valence-corrected chi connectivity index (χ3v) is 6.34. The number of nitrogens with zero attached hydrogens (tertiary/aromatic N) is 3. The molecule has 0 bridgehead atoms. The first-order valence-corrected chi connectivity index (χ1v) is 13.0. The molecule has 192 valence electrons. The minimum Gasteiger partial charge on any atom is -0.493 e. The summed E-state index contributed by atoms with van der Waals surface area (Å²) in [6.07, 6.45) is 3.85. The van der Waals surface area contributed by atoms with Gasteiger partial charge in [0.05, 0.1) is 29.2 Å². The standard InChI is InChI=1S/C30H34N4O3/c1-6-18-37-25-15-14-22(28(35)20-12-10-9-11-13-20)27(34-17-16-24(33-34)19(4)5)26(25)29-31-23(8-3)21(7-2)30(36)32-29/h9-17,19H,6-8,18H2,1-5H3,(H,31,32,36). The molecule has 0 saturated heterocycles. The van der Waals surface area contributed by atoms with Gasteiger partial charge in [-0.25, -0.2) is 9.67 Å². The van der Waals surface area contributed by atoms with Gasteiger partial charge in [0.15, 0.2) is 5.78 Å². The van der Waals surface area contributed by atoms with Gasteiger partial charge in [0.25, 0.3) is 5.56 Å². The average molecular weight is 499 g/mol. The number of hydrogen-bond donors (Lipinski definition) is 1. The normalized spacial score (nSPS) is 11.2. The van der Waals surface area contributed by atoms with Gasteiger partial charge >= 0.3 is 0 Å². The van der Waals surface area contributed by atoms with Crippen molar-refractivity contribution < 1.29 is 9.53 Å².